The van der Waals surface area contributed by atoms with E-state index in [9.17, 15) is 9.59 Å². The number of hydrogen-bond donors (Lipinski definition) is 2. The van der Waals surface area contributed by atoms with Gasteiger partial charge < -0.3 is 10.4 Å². The standard InChI is InChI=1S/C13H25NO3/c1-6-13(4,5)12(17)14-8-10(11(15)16)7-9(2)3/h9-10H,6-8H2,1-5H3,(H,14,17)(H,15,16). The second kappa shape index (κ2) is 6.62. The fraction of sp³-hybridized carbons (Fsp3) is 0.846. The molecule has 0 aromatic rings. The van der Waals surface area contributed by atoms with Crippen LogP contribution < -0.4 is 5.32 Å². The van der Waals surface area contributed by atoms with E-state index in [4.69, 9.17) is 5.11 Å². The van der Waals surface area contributed by atoms with Gasteiger partial charge in [-0.3, -0.25) is 9.59 Å². The van der Waals surface area contributed by atoms with Crippen LogP contribution >= 0.6 is 0 Å². The zero-order valence-electron chi connectivity index (χ0n) is 11.5. The van der Waals surface area contributed by atoms with Crippen molar-refractivity contribution in [1.29, 1.82) is 0 Å². The molecular weight excluding hydrogens is 218 g/mol. The predicted octanol–water partition coefficient (Wildman–Crippen LogP) is 2.29. The molecule has 0 saturated carbocycles. The first kappa shape index (κ1) is 15.9. The number of carboxylic acid groups (broad SMARTS) is 1. The van der Waals surface area contributed by atoms with E-state index in [1.165, 1.54) is 0 Å². The third-order valence-electron chi connectivity index (χ3n) is 3.11. The summed E-state index contributed by atoms with van der Waals surface area (Å²) >= 11 is 0. The molecule has 0 radical (unpaired) electrons. The third kappa shape index (κ3) is 5.71. The summed E-state index contributed by atoms with van der Waals surface area (Å²) < 4.78 is 0. The van der Waals surface area contributed by atoms with Gasteiger partial charge in [0.1, 0.15) is 0 Å². The van der Waals surface area contributed by atoms with E-state index in [1.807, 2.05) is 34.6 Å². The van der Waals surface area contributed by atoms with Crippen LogP contribution in [0.5, 0.6) is 0 Å². The van der Waals surface area contributed by atoms with E-state index in [0.29, 0.717) is 12.3 Å². The Morgan fingerprint density at radius 2 is 1.82 bits per heavy atom. The fourth-order valence-electron chi connectivity index (χ4n) is 1.46. The van der Waals surface area contributed by atoms with Crippen LogP contribution in [0.15, 0.2) is 0 Å². The van der Waals surface area contributed by atoms with Crippen molar-refractivity contribution in [3.8, 4) is 0 Å². The highest BCUT2D eigenvalue weighted by molar-refractivity contribution is 5.82. The number of nitrogens with one attached hydrogen (secondary N) is 1. The molecule has 4 heteroatoms. The average molecular weight is 243 g/mol. The Kier molecular flexibility index (Phi) is 6.21. The zero-order chi connectivity index (χ0) is 13.6. The van der Waals surface area contributed by atoms with E-state index >= 15 is 0 Å². The highest BCUT2D eigenvalue weighted by Crippen LogP contribution is 2.20. The Bertz CT molecular complexity index is 272. The lowest BCUT2D eigenvalue weighted by Crippen LogP contribution is -2.40. The van der Waals surface area contributed by atoms with Crippen molar-refractivity contribution in [2.75, 3.05) is 6.54 Å². The molecule has 100 valence electrons. The second-order valence-electron chi connectivity index (χ2n) is 5.61. The maximum Gasteiger partial charge on any atom is 0.308 e. The summed E-state index contributed by atoms with van der Waals surface area (Å²) in [6.45, 7) is 9.85. The summed E-state index contributed by atoms with van der Waals surface area (Å²) in [4.78, 5) is 22.8. The maximum atomic E-state index is 11.8. The van der Waals surface area contributed by atoms with Gasteiger partial charge in [-0.2, -0.15) is 0 Å². The Balaban J connectivity index is 4.32. The average Bonchev–Trinajstić information content (AvgIpc) is 2.22. The van der Waals surface area contributed by atoms with Crippen LogP contribution in [-0.2, 0) is 9.59 Å². The Morgan fingerprint density at radius 3 is 2.18 bits per heavy atom. The lowest BCUT2D eigenvalue weighted by molar-refractivity contribution is -0.142. The number of aliphatic carboxylic acids is 1. The third-order valence-corrected chi connectivity index (χ3v) is 3.11. The van der Waals surface area contributed by atoms with E-state index in [2.05, 4.69) is 5.32 Å². The number of carbonyl (C=O) groups is 2. The lowest BCUT2D eigenvalue weighted by atomic mass is 9.89. The van der Waals surface area contributed by atoms with E-state index in [1.54, 1.807) is 0 Å². The molecule has 4 nitrogen and oxygen atoms in total. The van der Waals surface area contributed by atoms with Gasteiger partial charge in [-0.05, 0) is 18.8 Å². The van der Waals surface area contributed by atoms with Gasteiger partial charge in [0.05, 0.1) is 5.92 Å². The Morgan fingerprint density at radius 1 is 1.29 bits per heavy atom. The minimum atomic E-state index is -0.840. The Labute approximate surface area is 104 Å². The summed E-state index contributed by atoms with van der Waals surface area (Å²) in [5.41, 5.74) is -0.430. The maximum absolute atomic E-state index is 11.8. The monoisotopic (exact) mass is 243 g/mol. The molecular formula is C13H25NO3. The summed E-state index contributed by atoms with van der Waals surface area (Å²) in [5, 5.41) is 11.8. The van der Waals surface area contributed by atoms with E-state index in [0.717, 1.165) is 6.42 Å². The molecule has 0 fully saturated rings. The van der Waals surface area contributed by atoms with Crippen LogP contribution in [0.25, 0.3) is 0 Å². The quantitative estimate of drug-likeness (QED) is 0.721. The zero-order valence-corrected chi connectivity index (χ0v) is 11.5. The first-order chi connectivity index (χ1) is 7.70. The summed E-state index contributed by atoms with van der Waals surface area (Å²) in [7, 11) is 0. The predicted molar refractivity (Wildman–Crippen MR) is 67.7 cm³/mol. The molecule has 0 aromatic carbocycles. The number of carboxylic acids is 1. The molecule has 0 aliphatic heterocycles. The van der Waals surface area contributed by atoms with Gasteiger partial charge in [0.25, 0.3) is 0 Å². The normalized spacial score (nSPS) is 13.5. The van der Waals surface area contributed by atoms with Crippen molar-refractivity contribution in [3.63, 3.8) is 0 Å². The van der Waals surface area contributed by atoms with Gasteiger partial charge in [-0.1, -0.05) is 34.6 Å². The molecule has 1 unspecified atom stereocenters. The topological polar surface area (TPSA) is 66.4 Å². The summed E-state index contributed by atoms with van der Waals surface area (Å²) in [6.07, 6.45) is 1.32. The van der Waals surface area contributed by atoms with Crippen LogP contribution in [0, 0.1) is 17.3 Å². The van der Waals surface area contributed by atoms with Crippen molar-refractivity contribution in [3.05, 3.63) is 0 Å². The van der Waals surface area contributed by atoms with Crippen molar-refractivity contribution in [1.82, 2.24) is 5.32 Å². The van der Waals surface area contributed by atoms with Gasteiger partial charge >= 0.3 is 5.97 Å². The minimum Gasteiger partial charge on any atom is -0.481 e. The molecule has 0 spiro atoms. The van der Waals surface area contributed by atoms with Crippen LogP contribution in [-0.4, -0.2) is 23.5 Å². The SMILES string of the molecule is CCC(C)(C)C(=O)NCC(CC(C)C)C(=O)O. The van der Waals surface area contributed by atoms with E-state index in [-0.39, 0.29) is 12.5 Å². The van der Waals surface area contributed by atoms with Crippen LogP contribution in [0.1, 0.15) is 47.5 Å². The highest BCUT2D eigenvalue weighted by atomic mass is 16.4. The summed E-state index contributed by atoms with van der Waals surface area (Å²) in [6, 6.07) is 0. The highest BCUT2D eigenvalue weighted by Gasteiger charge is 2.27. The first-order valence-electron chi connectivity index (χ1n) is 6.21. The van der Waals surface area contributed by atoms with Crippen molar-refractivity contribution < 1.29 is 14.7 Å². The molecule has 0 heterocycles. The largest absolute Gasteiger partial charge is 0.481 e. The molecule has 2 N–H and O–H groups in total. The van der Waals surface area contributed by atoms with Crippen LogP contribution in [0.2, 0.25) is 0 Å². The van der Waals surface area contributed by atoms with Gasteiger partial charge in [-0.25, -0.2) is 0 Å². The molecule has 1 atom stereocenters. The van der Waals surface area contributed by atoms with E-state index < -0.39 is 17.3 Å². The Hall–Kier alpha value is -1.06. The molecule has 1 amide bonds. The van der Waals surface area contributed by atoms with Gasteiger partial charge in [0, 0.05) is 12.0 Å². The first-order valence-corrected chi connectivity index (χ1v) is 6.21. The van der Waals surface area contributed by atoms with Crippen LogP contribution in [0.4, 0.5) is 0 Å². The van der Waals surface area contributed by atoms with Gasteiger partial charge in [0.2, 0.25) is 5.91 Å². The van der Waals surface area contributed by atoms with Gasteiger partial charge in [-0.15, -0.1) is 0 Å². The van der Waals surface area contributed by atoms with Crippen molar-refractivity contribution in [2.45, 2.75) is 47.5 Å². The molecule has 0 aliphatic carbocycles. The molecule has 0 rings (SSSR count). The second-order valence-corrected chi connectivity index (χ2v) is 5.61. The lowest BCUT2D eigenvalue weighted by Gasteiger charge is -2.23. The number of amides is 1. The minimum absolute atomic E-state index is 0.0741. The number of hydrogen-bond acceptors (Lipinski definition) is 2. The van der Waals surface area contributed by atoms with Crippen molar-refractivity contribution in [2.24, 2.45) is 17.3 Å². The molecule has 0 aromatic heterocycles. The summed E-state index contributed by atoms with van der Waals surface area (Å²) in [5.74, 6) is -1.10. The molecule has 17 heavy (non-hydrogen) atoms. The molecule has 0 saturated heterocycles. The van der Waals surface area contributed by atoms with Crippen LogP contribution in [0.3, 0.4) is 0 Å². The molecule has 0 bridgehead atoms. The fourth-order valence-corrected chi connectivity index (χ4v) is 1.46. The number of rotatable bonds is 7. The van der Waals surface area contributed by atoms with Crippen molar-refractivity contribution >= 4 is 11.9 Å². The molecule has 0 aliphatic rings. The smallest absolute Gasteiger partial charge is 0.308 e. The van der Waals surface area contributed by atoms with Gasteiger partial charge in [0.15, 0.2) is 0 Å². The number of carbonyl (C=O) groups excluding carboxylic acids is 1.